The van der Waals surface area contributed by atoms with Crippen LogP contribution in [0.15, 0.2) is 18.2 Å². The largest absolute Gasteiger partial charge is 0.366 e. The fourth-order valence-electron chi connectivity index (χ4n) is 2.50. The number of carbonyl (C=O) groups is 1. The first kappa shape index (κ1) is 10.4. The lowest BCUT2D eigenvalue weighted by atomic mass is 10.0. The van der Waals surface area contributed by atoms with Gasteiger partial charge in [-0.2, -0.15) is 0 Å². The van der Waals surface area contributed by atoms with Crippen LogP contribution in [-0.4, -0.2) is 29.4 Å². The zero-order chi connectivity index (χ0) is 12.0. The minimum Gasteiger partial charge on any atom is -0.366 e. The van der Waals surface area contributed by atoms with Crippen LogP contribution in [0.25, 0.3) is 10.9 Å². The van der Waals surface area contributed by atoms with Crippen molar-refractivity contribution in [2.45, 2.75) is 13.0 Å². The number of nitrogens with zero attached hydrogens (tertiary/aromatic N) is 1. The number of primary amides is 1. The summed E-state index contributed by atoms with van der Waals surface area (Å²) < 4.78 is 0. The summed E-state index contributed by atoms with van der Waals surface area (Å²) in [6.45, 7) is 2.00. The monoisotopic (exact) mass is 229 g/mol. The Bertz CT molecular complexity index is 600. The number of hydrogen-bond donors (Lipinski definition) is 2. The van der Waals surface area contributed by atoms with Gasteiger partial charge in [0.05, 0.1) is 0 Å². The molecule has 2 aromatic rings. The smallest absolute Gasteiger partial charge is 0.248 e. The van der Waals surface area contributed by atoms with Gasteiger partial charge in [0.1, 0.15) is 0 Å². The molecular weight excluding hydrogens is 214 g/mol. The van der Waals surface area contributed by atoms with Gasteiger partial charge in [-0.1, -0.05) is 0 Å². The minimum absolute atomic E-state index is 0.369. The van der Waals surface area contributed by atoms with Crippen LogP contribution >= 0.6 is 0 Å². The average Bonchev–Trinajstić information content (AvgIpc) is 2.66. The van der Waals surface area contributed by atoms with Gasteiger partial charge in [0.15, 0.2) is 0 Å². The first-order valence-electron chi connectivity index (χ1n) is 5.77. The SMILES string of the molecule is CN1CCc2[nH]c3ccc(C(N)=O)cc3c2C1. The molecule has 3 N–H and O–H groups in total. The Morgan fingerprint density at radius 2 is 2.29 bits per heavy atom. The number of hydrogen-bond acceptors (Lipinski definition) is 2. The molecule has 2 heterocycles. The summed E-state index contributed by atoms with van der Waals surface area (Å²) in [5.74, 6) is -0.369. The fourth-order valence-corrected chi connectivity index (χ4v) is 2.50. The Hall–Kier alpha value is -1.81. The van der Waals surface area contributed by atoms with E-state index in [9.17, 15) is 4.79 Å². The lowest BCUT2D eigenvalue weighted by molar-refractivity contribution is 0.100. The van der Waals surface area contributed by atoms with Gasteiger partial charge in [0, 0.05) is 41.7 Å². The molecule has 17 heavy (non-hydrogen) atoms. The molecule has 0 fully saturated rings. The van der Waals surface area contributed by atoms with Crippen LogP contribution in [0.4, 0.5) is 0 Å². The fraction of sp³-hybridized carbons (Fsp3) is 0.308. The predicted octanol–water partition coefficient (Wildman–Crippen LogP) is 1.25. The zero-order valence-corrected chi connectivity index (χ0v) is 9.79. The van der Waals surface area contributed by atoms with E-state index in [1.54, 1.807) is 6.07 Å². The Balaban J connectivity index is 2.21. The number of aromatic amines is 1. The second-order valence-corrected chi connectivity index (χ2v) is 4.69. The Morgan fingerprint density at radius 3 is 3.06 bits per heavy atom. The number of benzene rings is 1. The number of aromatic nitrogens is 1. The minimum atomic E-state index is -0.369. The van der Waals surface area contributed by atoms with E-state index in [4.69, 9.17) is 5.73 Å². The normalized spacial score (nSPS) is 16.1. The molecule has 1 aliphatic rings. The highest BCUT2D eigenvalue weighted by atomic mass is 16.1. The van der Waals surface area contributed by atoms with Crippen molar-refractivity contribution in [3.63, 3.8) is 0 Å². The molecule has 88 valence electrons. The van der Waals surface area contributed by atoms with Crippen LogP contribution < -0.4 is 5.73 Å². The van der Waals surface area contributed by atoms with Crippen molar-refractivity contribution >= 4 is 16.8 Å². The molecule has 0 radical (unpaired) electrons. The van der Waals surface area contributed by atoms with E-state index < -0.39 is 0 Å². The summed E-state index contributed by atoms with van der Waals surface area (Å²) in [6.07, 6.45) is 1.03. The highest BCUT2D eigenvalue weighted by Crippen LogP contribution is 2.27. The standard InChI is InChI=1S/C13H15N3O/c1-16-5-4-12-10(7-16)9-6-8(13(14)17)2-3-11(9)15-12/h2-3,6,15H,4-5,7H2,1H3,(H2,14,17). The van der Waals surface area contributed by atoms with E-state index in [-0.39, 0.29) is 5.91 Å². The quantitative estimate of drug-likeness (QED) is 0.773. The van der Waals surface area contributed by atoms with Gasteiger partial charge in [-0.3, -0.25) is 4.79 Å². The van der Waals surface area contributed by atoms with Crippen LogP contribution in [0.3, 0.4) is 0 Å². The molecular formula is C13H15N3O. The lowest BCUT2D eigenvalue weighted by Gasteiger charge is -2.22. The number of carbonyl (C=O) groups excluding carboxylic acids is 1. The molecule has 0 bridgehead atoms. The molecule has 0 aliphatic carbocycles. The Kier molecular flexibility index (Phi) is 2.19. The van der Waals surface area contributed by atoms with E-state index in [0.29, 0.717) is 5.56 Å². The highest BCUT2D eigenvalue weighted by molar-refractivity contribution is 5.98. The predicted molar refractivity (Wildman–Crippen MR) is 66.9 cm³/mol. The number of H-pyrrole nitrogens is 1. The lowest BCUT2D eigenvalue weighted by Crippen LogP contribution is -2.26. The van der Waals surface area contributed by atoms with E-state index in [0.717, 1.165) is 30.4 Å². The Morgan fingerprint density at radius 1 is 1.47 bits per heavy atom. The Labute approximate surface area is 99.4 Å². The second-order valence-electron chi connectivity index (χ2n) is 4.69. The summed E-state index contributed by atoms with van der Waals surface area (Å²) in [4.78, 5) is 16.9. The first-order chi connectivity index (χ1) is 8.15. The van der Waals surface area contributed by atoms with Crippen molar-refractivity contribution in [2.75, 3.05) is 13.6 Å². The molecule has 0 atom stereocenters. The van der Waals surface area contributed by atoms with E-state index in [1.807, 2.05) is 12.1 Å². The summed E-state index contributed by atoms with van der Waals surface area (Å²) in [6, 6.07) is 5.61. The number of rotatable bonds is 1. The van der Waals surface area contributed by atoms with Crippen molar-refractivity contribution in [1.82, 2.24) is 9.88 Å². The van der Waals surface area contributed by atoms with Crippen LogP contribution in [0.2, 0.25) is 0 Å². The molecule has 1 aromatic heterocycles. The maximum atomic E-state index is 11.2. The number of likely N-dealkylation sites (N-methyl/N-ethyl adjacent to an activating group) is 1. The topological polar surface area (TPSA) is 62.1 Å². The van der Waals surface area contributed by atoms with Crippen molar-refractivity contribution in [1.29, 1.82) is 0 Å². The molecule has 3 rings (SSSR count). The molecule has 1 amide bonds. The van der Waals surface area contributed by atoms with Gasteiger partial charge in [-0.15, -0.1) is 0 Å². The summed E-state index contributed by atoms with van der Waals surface area (Å²) >= 11 is 0. The van der Waals surface area contributed by atoms with Gasteiger partial charge in [-0.05, 0) is 30.8 Å². The molecule has 0 saturated heterocycles. The zero-order valence-electron chi connectivity index (χ0n) is 9.79. The maximum Gasteiger partial charge on any atom is 0.248 e. The van der Waals surface area contributed by atoms with Crippen molar-refractivity contribution < 1.29 is 4.79 Å². The first-order valence-corrected chi connectivity index (χ1v) is 5.77. The van der Waals surface area contributed by atoms with Gasteiger partial charge >= 0.3 is 0 Å². The van der Waals surface area contributed by atoms with Gasteiger partial charge in [-0.25, -0.2) is 0 Å². The van der Waals surface area contributed by atoms with Crippen molar-refractivity contribution in [3.8, 4) is 0 Å². The third kappa shape index (κ3) is 1.61. The van der Waals surface area contributed by atoms with Crippen LogP contribution in [0.1, 0.15) is 21.6 Å². The van der Waals surface area contributed by atoms with E-state index in [2.05, 4.69) is 16.9 Å². The third-order valence-corrected chi connectivity index (χ3v) is 3.45. The van der Waals surface area contributed by atoms with E-state index >= 15 is 0 Å². The van der Waals surface area contributed by atoms with Crippen LogP contribution in [0.5, 0.6) is 0 Å². The van der Waals surface area contributed by atoms with E-state index in [1.165, 1.54) is 11.3 Å². The van der Waals surface area contributed by atoms with Gasteiger partial charge in [0.2, 0.25) is 5.91 Å². The van der Waals surface area contributed by atoms with Crippen LogP contribution in [-0.2, 0) is 13.0 Å². The van der Waals surface area contributed by atoms with Gasteiger partial charge < -0.3 is 15.6 Å². The number of amides is 1. The number of nitrogens with one attached hydrogen (secondary N) is 1. The average molecular weight is 229 g/mol. The molecule has 0 saturated carbocycles. The molecule has 4 nitrogen and oxygen atoms in total. The summed E-state index contributed by atoms with van der Waals surface area (Å²) in [7, 11) is 2.11. The number of nitrogens with two attached hydrogens (primary N) is 1. The molecule has 0 unspecified atom stereocenters. The van der Waals surface area contributed by atoms with Crippen molar-refractivity contribution in [2.24, 2.45) is 5.73 Å². The maximum absolute atomic E-state index is 11.2. The van der Waals surface area contributed by atoms with Crippen molar-refractivity contribution in [3.05, 3.63) is 35.0 Å². The third-order valence-electron chi connectivity index (χ3n) is 3.45. The number of fused-ring (bicyclic) bond motifs is 3. The molecule has 0 spiro atoms. The molecule has 4 heteroatoms. The highest BCUT2D eigenvalue weighted by Gasteiger charge is 2.18. The molecule has 1 aromatic carbocycles. The van der Waals surface area contributed by atoms with Crippen LogP contribution in [0, 0.1) is 0 Å². The molecule has 1 aliphatic heterocycles. The second kappa shape index (κ2) is 3.60. The summed E-state index contributed by atoms with van der Waals surface area (Å²) in [5.41, 5.74) is 9.58. The van der Waals surface area contributed by atoms with Gasteiger partial charge in [0.25, 0.3) is 0 Å². The summed E-state index contributed by atoms with van der Waals surface area (Å²) in [5, 5.41) is 1.13.